The van der Waals surface area contributed by atoms with E-state index in [4.69, 9.17) is 14.2 Å². The number of ether oxygens (including phenoxy) is 3. The summed E-state index contributed by atoms with van der Waals surface area (Å²) in [4.78, 5) is 38.2. The van der Waals surface area contributed by atoms with Gasteiger partial charge in [-0.15, -0.1) is 0 Å². The Morgan fingerprint density at radius 2 is 0.500 bits per heavy atom. The maximum atomic E-state index is 12.9. The van der Waals surface area contributed by atoms with Gasteiger partial charge in [0.2, 0.25) is 0 Å². The molecule has 0 aliphatic carbocycles. The van der Waals surface area contributed by atoms with Crippen LogP contribution in [0.4, 0.5) is 0 Å². The molecule has 0 aromatic rings. The lowest BCUT2D eigenvalue weighted by atomic mass is 10.0. The Balaban J connectivity index is 4.38. The van der Waals surface area contributed by atoms with Gasteiger partial charge in [-0.2, -0.15) is 0 Å². The van der Waals surface area contributed by atoms with Crippen molar-refractivity contribution in [1.29, 1.82) is 0 Å². The van der Waals surface area contributed by atoms with Crippen molar-refractivity contribution >= 4 is 17.9 Å². The Morgan fingerprint density at radius 1 is 0.269 bits per heavy atom. The molecule has 0 amide bonds. The summed E-state index contributed by atoms with van der Waals surface area (Å²) < 4.78 is 16.9. The molecule has 0 aromatic carbocycles. The van der Waals surface area contributed by atoms with Crippen LogP contribution in [0.2, 0.25) is 0 Å². The van der Waals surface area contributed by atoms with Crippen LogP contribution in [0.1, 0.15) is 284 Å². The summed E-state index contributed by atoms with van der Waals surface area (Å²) in [5, 5.41) is 0. The number of carbonyl (C=O) groups is 3. The Bertz CT molecular complexity index is 1670. The van der Waals surface area contributed by atoms with Gasteiger partial charge in [0.15, 0.2) is 6.10 Å². The summed E-state index contributed by atoms with van der Waals surface area (Å²) in [7, 11) is 0. The third-order valence-corrected chi connectivity index (χ3v) is 13.4. The molecule has 0 saturated carbocycles. The fourth-order valence-electron chi connectivity index (χ4n) is 8.58. The van der Waals surface area contributed by atoms with Crippen LogP contribution >= 0.6 is 0 Å². The maximum absolute atomic E-state index is 12.9. The zero-order valence-corrected chi connectivity index (χ0v) is 50.6. The second-order valence-electron chi connectivity index (χ2n) is 20.9. The van der Waals surface area contributed by atoms with Crippen molar-refractivity contribution in [2.45, 2.75) is 290 Å². The molecule has 6 heteroatoms. The predicted octanol–water partition coefficient (Wildman–Crippen LogP) is 22.2. The van der Waals surface area contributed by atoms with E-state index in [-0.39, 0.29) is 31.1 Å². The maximum Gasteiger partial charge on any atom is 0.306 e. The van der Waals surface area contributed by atoms with Crippen LogP contribution in [0, 0.1) is 0 Å². The van der Waals surface area contributed by atoms with Crippen molar-refractivity contribution in [2.24, 2.45) is 0 Å². The highest BCUT2D eigenvalue weighted by molar-refractivity contribution is 5.71. The Labute approximate surface area is 481 Å². The number of unbranched alkanes of at least 4 members (excludes halogenated alkanes) is 24. The lowest BCUT2D eigenvalue weighted by Gasteiger charge is -2.18. The van der Waals surface area contributed by atoms with Gasteiger partial charge in [0.05, 0.1) is 0 Å². The first-order valence-corrected chi connectivity index (χ1v) is 32.2. The second-order valence-corrected chi connectivity index (χ2v) is 20.9. The van der Waals surface area contributed by atoms with E-state index >= 15 is 0 Å². The molecule has 0 aliphatic rings. The molecule has 442 valence electrons. The van der Waals surface area contributed by atoms with Crippen LogP contribution in [0.15, 0.2) is 134 Å². The zero-order valence-electron chi connectivity index (χ0n) is 50.6. The number of esters is 3. The summed E-state index contributed by atoms with van der Waals surface area (Å²) in [6.45, 7) is 6.47. The molecular formula is C72H118O6. The summed E-state index contributed by atoms with van der Waals surface area (Å²) in [6.07, 6.45) is 91.7. The van der Waals surface area contributed by atoms with E-state index in [1.807, 2.05) is 0 Å². The molecule has 0 fully saturated rings. The molecule has 1 unspecified atom stereocenters. The van der Waals surface area contributed by atoms with Gasteiger partial charge in [0.1, 0.15) is 13.2 Å². The minimum Gasteiger partial charge on any atom is -0.462 e. The molecule has 0 aliphatic heterocycles. The van der Waals surface area contributed by atoms with Crippen LogP contribution in [0.3, 0.4) is 0 Å². The molecule has 1 atom stereocenters. The minimum atomic E-state index is -0.799. The molecule has 0 spiro atoms. The number of carbonyl (C=O) groups excluding carboxylic acids is 3. The van der Waals surface area contributed by atoms with E-state index in [1.54, 1.807) is 0 Å². The van der Waals surface area contributed by atoms with Crippen LogP contribution in [-0.2, 0) is 28.6 Å². The van der Waals surface area contributed by atoms with Crippen molar-refractivity contribution in [1.82, 2.24) is 0 Å². The first-order chi connectivity index (χ1) is 38.5. The van der Waals surface area contributed by atoms with Crippen molar-refractivity contribution in [3.8, 4) is 0 Å². The summed E-state index contributed by atoms with van der Waals surface area (Å²) in [5.74, 6) is -0.933. The lowest BCUT2D eigenvalue weighted by molar-refractivity contribution is -0.167. The van der Waals surface area contributed by atoms with Gasteiger partial charge in [-0.25, -0.2) is 0 Å². The van der Waals surface area contributed by atoms with E-state index < -0.39 is 6.10 Å². The molecule has 0 N–H and O–H groups in total. The van der Waals surface area contributed by atoms with Gasteiger partial charge in [-0.05, 0) is 122 Å². The molecule has 0 heterocycles. The van der Waals surface area contributed by atoms with Crippen molar-refractivity contribution in [2.75, 3.05) is 13.2 Å². The fraction of sp³-hybridized carbons (Fsp3) is 0.653. The molecule has 0 rings (SSSR count). The molecule has 0 aromatic heterocycles. The highest BCUT2D eigenvalue weighted by Crippen LogP contribution is 2.15. The Kier molecular flexibility index (Phi) is 61.4. The van der Waals surface area contributed by atoms with Gasteiger partial charge in [-0.3, -0.25) is 14.4 Å². The number of hydrogen-bond acceptors (Lipinski definition) is 6. The van der Waals surface area contributed by atoms with Gasteiger partial charge < -0.3 is 14.2 Å². The standard InChI is InChI=1S/C72H118O6/c1-4-7-10-13-16-19-22-25-27-29-30-31-32-33-34-35-36-37-38-39-40-41-42-44-45-47-50-53-56-59-62-65-71(74)77-68-69(67-76-70(73)64-61-58-55-52-49-24-21-18-15-12-9-6-3)78-72(75)66-63-60-57-54-51-48-46-43-28-26-23-20-17-14-11-8-5-2/h7,10,16-17,19-20,25-28,30-31,33-34,36-37,39-40,42,44,47,50,69H,4-6,8-9,11-15,18,21-24,29,32,35,38,41,43,45-46,48-49,51-68H2,1-3H3/b10-7-,19-16-,20-17-,27-25-,28-26-,31-30-,34-33-,37-36-,40-39-,44-42-,50-47-. The quantitative estimate of drug-likeness (QED) is 0.0261. The highest BCUT2D eigenvalue weighted by atomic mass is 16.6. The normalized spacial score (nSPS) is 13.0. The summed E-state index contributed by atoms with van der Waals surface area (Å²) in [5.41, 5.74) is 0. The average molecular weight is 1080 g/mol. The van der Waals surface area contributed by atoms with Crippen LogP contribution in [0.5, 0.6) is 0 Å². The highest BCUT2D eigenvalue weighted by Gasteiger charge is 2.19. The van der Waals surface area contributed by atoms with Gasteiger partial charge in [-0.1, -0.05) is 276 Å². The van der Waals surface area contributed by atoms with Crippen LogP contribution in [0.25, 0.3) is 0 Å². The van der Waals surface area contributed by atoms with E-state index in [0.29, 0.717) is 19.3 Å². The van der Waals surface area contributed by atoms with Gasteiger partial charge in [0.25, 0.3) is 0 Å². The van der Waals surface area contributed by atoms with E-state index in [1.165, 1.54) is 109 Å². The molecule has 0 saturated heterocycles. The lowest BCUT2D eigenvalue weighted by Crippen LogP contribution is -2.30. The zero-order chi connectivity index (χ0) is 56.4. The Morgan fingerprint density at radius 3 is 0.821 bits per heavy atom. The average Bonchev–Trinajstić information content (AvgIpc) is 3.44. The first kappa shape index (κ1) is 73.5. The van der Waals surface area contributed by atoms with Crippen molar-refractivity contribution in [3.63, 3.8) is 0 Å². The van der Waals surface area contributed by atoms with E-state index in [2.05, 4.69) is 154 Å². The van der Waals surface area contributed by atoms with E-state index in [0.717, 1.165) is 135 Å². The summed E-state index contributed by atoms with van der Waals surface area (Å²) >= 11 is 0. The molecule has 0 radical (unpaired) electrons. The topological polar surface area (TPSA) is 78.9 Å². The SMILES string of the molecule is CC/C=C\C/C=C\C/C=C\C/C=C\C/C=C\C/C=C\C/C=C\C/C=C\C/C=C\CCCCCC(=O)OCC(COC(=O)CCCCCCCCCCCCCC)OC(=O)CCCCCCCCC/C=C\C/C=C\CCCCC. The van der Waals surface area contributed by atoms with Crippen molar-refractivity contribution < 1.29 is 28.6 Å². The third-order valence-electron chi connectivity index (χ3n) is 13.4. The smallest absolute Gasteiger partial charge is 0.306 e. The molecule has 78 heavy (non-hydrogen) atoms. The van der Waals surface area contributed by atoms with Gasteiger partial charge in [0, 0.05) is 19.3 Å². The number of allylic oxidation sites excluding steroid dienone is 22. The largest absolute Gasteiger partial charge is 0.462 e. The third kappa shape index (κ3) is 62.4. The number of rotatable bonds is 57. The van der Waals surface area contributed by atoms with Crippen LogP contribution < -0.4 is 0 Å². The van der Waals surface area contributed by atoms with Gasteiger partial charge >= 0.3 is 17.9 Å². The monoisotopic (exact) mass is 1080 g/mol. The number of hydrogen-bond donors (Lipinski definition) is 0. The molecule has 6 nitrogen and oxygen atoms in total. The van der Waals surface area contributed by atoms with E-state index in [9.17, 15) is 14.4 Å². The molecular weight excluding hydrogens is 961 g/mol. The predicted molar refractivity (Wildman–Crippen MR) is 339 cm³/mol. The molecule has 0 bridgehead atoms. The van der Waals surface area contributed by atoms with Crippen LogP contribution in [-0.4, -0.2) is 37.2 Å². The fourth-order valence-corrected chi connectivity index (χ4v) is 8.58. The second kappa shape index (κ2) is 65.1. The summed E-state index contributed by atoms with van der Waals surface area (Å²) in [6, 6.07) is 0. The minimum absolute atomic E-state index is 0.0929. The first-order valence-electron chi connectivity index (χ1n) is 32.2. The Hall–Kier alpha value is -4.45. The van der Waals surface area contributed by atoms with Crippen molar-refractivity contribution in [3.05, 3.63) is 134 Å².